The fourth-order valence-electron chi connectivity index (χ4n) is 2.04. The molecule has 0 aliphatic heterocycles. The van der Waals surface area contributed by atoms with E-state index in [9.17, 15) is 9.59 Å². The molecule has 20 heavy (non-hydrogen) atoms. The molecule has 3 heterocycles. The number of hydrogen-bond acceptors (Lipinski definition) is 4. The van der Waals surface area contributed by atoms with Gasteiger partial charge in [-0.2, -0.15) is 0 Å². The van der Waals surface area contributed by atoms with Crippen molar-refractivity contribution in [3.05, 3.63) is 51.6 Å². The van der Waals surface area contributed by atoms with Gasteiger partial charge in [0.2, 0.25) is 0 Å². The summed E-state index contributed by atoms with van der Waals surface area (Å²) in [4.78, 5) is 33.3. The molecular formula is C14H13N3O2S. The van der Waals surface area contributed by atoms with E-state index in [1.54, 1.807) is 18.3 Å². The number of carbonyl (C=O) groups is 1. The SMILES string of the molecule is CCc1cc2c(=O)n(CC(=O)c3ccc[nH]3)cnc2s1. The van der Waals surface area contributed by atoms with Crippen LogP contribution in [0.2, 0.25) is 0 Å². The van der Waals surface area contributed by atoms with Crippen LogP contribution in [0.3, 0.4) is 0 Å². The molecule has 0 atom stereocenters. The van der Waals surface area contributed by atoms with Crippen LogP contribution in [0.4, 0.5) is 0 Å². The summed E-state index contributed by atoms with van der Waals surface area (Å²) in [5.41, 5.74) is 0.336. The third-order valence-electron chi connectivity index (χ3n) is 3.13. The average Bonchev–Trinajstić information content (AvgIpc) is 3.10. The van der Waals surface area contributed by atoms with Gasteiger partial charge in [0.15, 0.2) is 5.78 Å². The number of H-pyrrole nitrogens is 1. The van der Waals surface area contributed by atoms with Crippen molar-refractivity contribution in [2.45, 2.75) is 19.9 Å². The molecule has 0 saturated heterocycles. The minimum atomic E-state index is -0.161. The maximum Gasteiger partial charge on any atom is 0.262 e. The molecule has 0 bridgehead atoms. The number of thiophene rings is 1. The molecule has 0 unspecified atom stereocenters. The lowest BCUT2D eigenvalue weighted by atomic mass is 10.3. The van der Waals surface area contributed by atoms with Gasteiger partial charge in [0.05, 0.1) is 24.0 Å². The highest BCUT2D eigenvalue weighted by atomic mass is 32.1. The van der Waals surface area contributed by atoms with Crippen LogP contribution in [0, 0.1) is 0 Å². The molecule has 0 fully saturated rings. The van der Waals surface area contributed by atoms with Crippen LogP contribution >= 0.6 is 11.3 Å². The van der Waals surface area contributed by atoms with Gasteiger partial charge in [0.1, 0.15) is 4.83 Å². The molecule has 0 aliphatic rings. The van der Waals surface area contributed by atoms with Crippen molar-refractivity contribution in [1.29, 1.82) is 0 Å². The Hall–Kier alpha value is -2.21. The Balaban J connectivity index is 1.98. The number of ketones is 1. The lowest BCUT2D eigenvalue weighted by Crippen LogP contribution is -2.24. The molecule has 0 amide bonds. The van der Waals surface area contributed by atoms with Crippen LogP contribution in [0.15, 0.2) is 35.5 Å². The fraction of sp³-hybridized carbons (Fsp3) is 0.214. The monoisotopic (exact) mass is 287 g/mol. The molecule has 6 heteroatoms. The van der Waals surface area contributed by atoms with Crippen LogP contribution < -0.4 is 5.56 Å². The van der Waals surface area contributed by atoms with E-state index in [0.29, 0.717) is 11.1 Å². The number of fused-ring (bicyclic) bond motifs is 1. The molecule has 5 nitrogen and oxygen atoms in total. The van der Waals surface area contributed by atoms with E-state index in [1.165, 1.54) is 22.2 Å². The van der Waals surface area contributed by atoms with Gasteiger partial charge in [0, 0.05) is 11.1 Å². The number of Topliss-reactive ketones (excluding diaryl/α,β-unsaturated/α-hetero) is 1. The number of aromatic nitrogens is 3. The quantitative estimate of drug-likeness (QED) is 0.748. The molecule has 0 aliphatic carbocycles. The predicted octanol–water partition coefficient (Wildman–Crippen LogP) is 2.23. The van der Waals surface area contributed by atoms with E-state index in [2.05, 4.69) is 9.97 Å². The topological polar surface area (TPSA) is 67.8 Å². The van der Waals surface area contributed by atoms with Gasteiger partial charge >= 0.3 is 0 Å². The van der Waals surface area contributed by atoms with E-state index in [-0.39, 0.29) is 17.9 Å². The molecule has 3 aromatic heterocycles. The Morgan fingerprint density at radius 2 is 2.35 bits per heavy atom. The number of aromatic amines is 1. The molecule has 0 radical (unpaired) electrons. The highest BCUT2D eigenvalue weighted by Gasteiger charge is 2.12. The zero-order valence-corrected chi connectivity index (χ0v) is 11.7. The summed E-state index contributed by atoms with van der Waals surface area (Å²) in [5.74, 6) is -0.135. The van der Waals surface area contributed by atoms with Crippen molar-refractivity contribution in [1.82, 2.24) is 14.5 Å². The van der Waals surface area contributed by atoms with E-state index >= 15 is 0 Å². The van der Waals surface area contributed by atoms with Crippen molar-refractivity contribution in [3.63, 3.8) is 0 Å². The summed E-state index contributed by atoms with van der Waals surface area (Å²) in [6, 6.07) is 5.31. The summed E-state index contributed by atoms with van der Waals surface area (Å²) >= 11 is 1.52. The smallest absolute Gasteiger partial charge is 0.262 e. The molecular weight excluding hydrogens is 274 g/mol. The molecule has 0 aromatic carbocycles. The standard InChI is InChI=1S/C14H13N3O2S/c1-2-9-6-10-13(20-9)16-8-17(14(10)19)7-12(18)11-4-3-5-15-11/h3-6,8,15H,2,7H2,1H3. The summed E-state index contributed by atoms with van der Waals surface area (Å²) in [5, 5.41) is 0.591. The van der Waals surface area contributed by atoms with Gasteiger partial charge in [-0.05, 0) is 24.6 Å². The van der Waals surface area contributed by atoms with Gasteiger partial charge < -0.3 is 4.98 Å². The minimum absolute atomic E-state index is 0.000405. The van der Waals surface area contributed by atoms with Crippen molar-refractivity contribution < 1.29 is 4.79 Å². The number of hydrogen-bond donors (Lipinski definition) is 1. The van der Waals surface area contributed by atoms with Crippen LogP contribution in [0.1, 0.15) is 22.3 Å². The largest absolute Gasteiger partial charge is 0.359 e. The lowest BCUT2D eigenvalue weighted by Gasteiger charge is -2.03. The molecule has 3 rings (SSSR count). The van der Waals surface area contributed by atoms with Crippen molar-refractivity contribution in [2.75, 3.05) is 0 Å². The van der Waals surface area contributed by atoms with E-state index in [4.69, 9.17) is 0 Å². The second-order valence-electron chi connectivity index (χ2n) is 4.47. The second-order valence-corrected chi connectivity index (χ2v) is 5.58. The highest BCUT2D eigenvalue weighted by Crippen LogP contribution is 2.20. The first-order chi connectivity index (χ1) is 9.69. The van der Waals surface area contributed by atoms with Crippen LogP contribution in [-0.2, 0) is 13.0 Å². The number of nitrogens with zero attached hydrogens (tertiary/aromatic N) is 2. The summed E-state index contributed by atoms with van der Waals surface area (Å²) in [6.45, 7) is 2.04. The third kappa shape index (κ3) is 2.18. The lowest BCUT2D eigenvalue weighted by molar-refractivity contribution is 0.0966. The van der Waals surface area contributed by atoms with E-state index < -0.39 is 0 Å². The van der Waals surface area contributed by atoms with Crippen LogP contribution in [0.5, 0.6) is 0 Å². The Bertz CT molecular complexity index is 815. The first-order valence-corrected chi connectivity index (χ1v) is 7.15. The van der Waals surface area contributed by atoms with E-state index in [0.717, 1.165) is 16.1 Å². The highest BCUT2D eigenvalue weighted by molar-refractivity contribution is 7.18. The van der Waals surface area contributed by atoms with Gasteiger partial charge in [-0.25, -0.2) is 4.98 Å². The number of carbonyl (C=O) groups excluding carboxylic acids is 1. The maximum absolute atomic E-state index is 12.3. The predicted molar refractivity (Wildman–Crippen MR) is 78.4 cm³/mol. The Morgan fingerprint density at radius 1 is 1.50 bits per heavy atom. The molecule has 3 aromatic rings. The van der Waals surface area contributed by atoms with E-state index in [1.807, 2.05) is 13.0 Å². The summed E-state index contributed by atoms with van der Waals surface area (Å²) < 4.78 is 1.36. The number of rotatable bonds is 4. The Kier molecular flexibility index (Phi) is 3.23. The summed E-state index contributed by atoms with van der Waals surface area (Å²) in [7, 11) is 0. The Morgan fingerprint density at radius 3 is 3.05 bits per heavy atom. The molecule has 102 valence electrons. The average molecular weight is 287 g/mol. The number of aryl methyl sites for hydroxylation is 1. The molecule has 1 N–H and O–H groups in total. The van der Waals surface area contributed by atoms with Crippen LogP contribution in [0.25, 0.3) is 10.2 Å². The van der Waals surface area contributed by atoms with Crippen molar-refractivity contribution >= 4 is 27.3 Å². The van der Waals surface area contributed by atoms with Crippen LogP contribution in [-0.4, -0.2) is 20.3 Å². The molecule has 0 saturated carbocycles. The Labute approximate surface area is 118 Å². The first-order valence-electron chi connectivity index (χ1n) is 6.33. The van der Waals surface area contributed by atoms with Crippen molar-refractivity contribution in [3.8, 4) is 0 Å². The maximum atomic E-state index is 12.3. The van der Waals surface area contributed by atoms with Crippen molar-refractivity contribution in [2.24, 2.45) is 0 Å². The zero-order valence-electron chi connectivity index (χ0n) is 10.9. The summed E-state index contributed by atoms with van der Waals surface area (Å²) in [6.07, 6.45) is 4.01. The normalized spacial score (nSPS) is 11.1. The van der Waals surface area contributed by atoms with Gasteiger partial charge in [-0.1, -0.05) is 6.92 Å². The molecule has 0 spiro atoms. The third-order valence-corrected chi connectivity index (χ3v) is 4.32. The van der Waals surface area contributed by atoms with Gasteiger partial charge in [0.25, 0.3) is 5.56 Å². The second kappa shape index (κ2) is 5.05. The zero-order chi connectivity index (χ0) is 14.1. The fourth-order valence-corrected chi connectivity index (χ4v) is 2.97. The van der Waals surface area contributed by atoms with Gasteiger partial charge in [-0.15, -0.1) is 11.3 Å². The first kappa shape index (κ1) is 12.8. The minimum Gasteiger partial charge on any atom is -0.359 e. The number of nitrogens with one attached hydrogen (secondary N) is 1. The van der Waals surface area contributed by atoms with Gasteiger partial charge in [-0.3, -0.25) is 14.2 Å².